The molecule has 1 amide bonds. The Morgan fingerprint density at radius 2 is 1.97 bits per heavy atom. The van der Waals surface area contributed by atoms with Crippen molar-refractivity contribution < 1.29 is 19.4 Å². The van der Waals surface area contributed by atoms with Crippen LogP contribution in [0.1, 0.15) is 60.7 Å². The summed E-state index contributed by atoms with van der Waals surface area (Å²) in [5.41, 5.74) is 3.32. The van der Waals surface area contributed by atoms with E-state index in [2.05, 4.69) is 19.9 Å². The number of aromatic nitrogens is 1. The Morgan fingerprint density at radius 1 is 1.16 bits per heavy atom. The predicted molar refractivity (Wildman–Crippen MR) is 150 cm³/mol. The molecular weight excluding hydrogens is 504 g/mol. The summed E-state index contributed by atoms with van der Waals surface area (Å²) in [6.45, 7) is 8.78. The van der Waals surface area contributed by atoms with Crippen LogP contribution in [0.25, 0.3) is 16.0 Å². The number of hydrogen-bond acceptors (Lipinski definition) is 7. The molecule has 1 N–H and O–H groups in total. The van der Waals surface area contributed by atoms with Gasteiger partial charge >= 0.3 is 5.91 Å². The van der Waals surface area contributed by atoms with Crippen LogP contribution in [0, 0.1) is 6.92 Å². The van der Waals surface area contributed by atoms with Crippen LogP contribution in [-0.4, -0.2) is 28.4 Å². The highest BCUT2D eigenvalue weighted by Gasteiger charge is 2.48. The SMILES string of the molecule is CCCOc1ccc(/C(O)=C2\C(=O)C(=O)N(c3nc4ccc(C(C)C)cc4s3)C2c2cccs2)cc1C. The first-order valence-electron chi connectivity index (χ1n) is 12.3. The summed E-state index contributed by atoms with van der Waals surface area (Å²) in [6, 6.07) is 14.3. The van der Waals surface area contributed by atoms with Gasteiger partial charge in [0.1, 0.15) is 17.6 Å². The van der Waals surface area contributed by atoms with E-state index in [1.165, 1.54) is 33.1 Å². The van der Waals surface area contributed by atoms with Crippen LogP contribution in [0.4, 0.5) is 5.13 Å². The smallest absolute Gasteiger partial charge is 0.301 e. The van der Waals surface area contributed by atoms with Crippen molar-refractivity contribution in [3.05, 3.63) is 81.1 Å². The number of ketones is 1. The lowest BCUT2D eigenvalue weighted by Gasteiger charge is -2.21. The van der Waals surface area contributed by atoms with Gasteiger partial charge in [0.05, 0.1) is 22.4 Å². The Labute approximate surface area is 223 Å². The maximum atomic E-state index is 13.4. The average Bonchev–Trinajstić information content (AvgIpc) is 3.61. The molecule has 4 aromatic rings. The Hall–Kier alpha value is -3.49. The number of thiazole rings is 1. The van der Waals surface area contributed by atoms with Gasteiger partial charge in [0.25, 0.3) is 5.78 Å². The maximum absolute atomic E-state index is 13.4. The molecule has 1 atom stereocenters. The fourth-order valence-electron chi connectivity index (χ4n) is 4.46. The van der Waals surface area contributed by atoms with E-state index in [0.29, 0.717) is 23.2 Å². The Kier molecular flexibility index (Phi) is 6.88. The molecule has 0 saturated carbocycles. The normalized spacial score (nSPS) is 17.3. The lowest BCUT2D eigenvalue weighted by atomic mass is 9.99. The van der Waals surface area contributed by atoms with Crippen molar-refractivity contribution in [2.24, 2.45) is 0 Å². The second kappa shape index (κ2) is 10.1. The maximum Gasteiger partial charge on any atom is 0.301 e. The highest BCUT2D eigenvalue weighted by atomic mass is 32.1. The minimum Gasteiger partial charge on any atom is -0.507 e. The Bertz CT molecular complexity index is 1520. The molecule has 1 fully saturated rings. The zero-order valence-corrected chi connectivity index (χ0v) is 22.8. The lowest BCUT2D eigenvalue weighted by molar-refractivity contribution is -0.132. The summed E-state index contributed by atoms with van der Waals surface area (Å²) < 4.78 is 6.71. The van der Waals surface area contributed by atoms with Crippen LogP contribution in [-0.2, 0) is 9.59 Å². The molecule has 1 aliphatic rings. The van der Waals surface area contributed by atoms with Gasteiger partial charge in [-0.3, -0.25) is 14.5 Å². The van der Waals surface area contributed by atoms with Crippen LogP contribution in [0.2, 0.25) is 0 Å². The zero-order valence-electron chi connectivity index (χ0n) is 21.1. The number of benzene rings is 2. The highest BCUT2D eigenvalue weighted by molar-refractivity contribution is 7.22. The summed E-state index contributed by atoms with van der Waals surface area (Å²) in [6.07, 6.45) is 0.885. The van der Waals surface area contributed by atoms with Gasteiger partial charge < -0.3 is 9.84 Å². The fraction of sp³-hybridized carbons (Fsp3) is 0.276. The van der Waals surface area contributed by atoms with Crippen LogP contribution in [0.15, 0.2) is 59.5 Å². The number of nitrogens with zero attached hydrogens (tertiary/aromatic N) is 2. The highest BCUT2D eigenvalue weighted by Crippen LogP contribution is 2.45. The molecule has 2 aromatic carbocycles. The molecule has 37 heavy (non-hydrogen) atoms. The van der Waals surface area contributed by atoms with Crippen LogP contribution in [0.3, 0.4) is 0 Å². The number of hydrogen-bond donors (Lipinski definition) is 1. The van der Waals surface area contributed by atoms with Crippen molar-refractivity contribution in [2.45, 2.75) is 46.1 Å². The van der Waals surface area contributed by atoms with Crippen LogP contribution >= 0.6 is 22.7 Å². The number of fused-ring (bicyclic) bond motifs is 1. The van der Waals surface area contributed by atoms with E-state index in [1.54, 1.807) is 18.2 Å². The second-order valence-corrected chi connectivity index (χ2v) is 11.4. The topological polar surface area (TPSA) is 79.7 Å². The summed E-state index contributed by atoms with van der Waals surface area (Å²) in [5, 5.41) is 13.7. The molecule has 190 valence electrons. The summed E-state index contributed by atoms with van der Waals surface area (Å²) in [7, 11) is 0. The van der Waals surface area contributed by atoms with E-state index in [1.807, 2.05) is 43.5 Å². The number of aliphatic hydroxyl groups is 1. The molecule has 0 bridgehead atoms. The number of rotatable bonds is 7. The van der Waals surface area contributed by atoms with Gasteiger partial charge in [0, 0.05) is 10.4 Å². The minimum absolute atomic E-state index is 0.0659. The van der Waals surface area contributed by atoms with Crippen molar-refractivity contribution in [3.8, 4) is 5.75 Å². The molecule has 1 saturated heterocycles. The number of carbonyl (C=O) groups excluding carboxylic acids is 2. The standard InChI is InChI=1S/C29H28N2O4S2/c1-5-12-35-21-11-9-19(14-17(21)4)26(32)24-25(22-7-6-13-36-22)31(28(34)27(24)33)29-30-20-10-8-18(16(2)3)15-23(20)37-29/h6-11,13-16,25,32H,5,12H2,1-4H3/b26-24+. The molecule has 2 aromatic heterocycles. The van der Waals surface area contributed by atoms with Gasteiger partial charge in [0.2, 0.25) is 0 Å². The molecule has 1 aliphatic heterocycles. The third kappa shape index (κ3) is 4.55. The second-order valence-electron chi connectivity index (χ2n) is 9.39. The number of aliphatic hydroxyl groups excluding tert-OH is 1. The number of anilines is 1. The van der Waals surface area contributed by atoms with Crippen LogP contribution < -0.4 is 9.64 Å². The van der Waals surface area contributed by atoms with E-state index in [-0.39, 0.29) is 11.3 Å². The van der Waals surface area contributed by atoms with Crippen molar-refractivity contribution >= 4 is 55.5 Å². The molecule has 8 heteroatoms. The van der Waals surface area contributed by atoms with Gasteiger partial charge in [-0.1, -0.05) is 44.2 Å². The van der Waals surface area contributed by atoms with Crippen molar-refractivity contribution in [3.63, 3.8) is 0 Å². The lowest BCUT2D eigenvalue weighted by Crippen LogP contribution is -2.28. The zero-order chi connectivity index (χ0) is 26.3. The monoisotopic (exact) mass is 532 g/mol. The third-order valence-corrected chi connectivity index (χ3v) is 8.38. The fourth-order valence-corrected chi connectivity index (χ4v) is 6.33. The number of thiophene rings is 1. The van der Waals surface area contributed by atoms with Gasteiger partial charge in [0.15, 0.2) is 5.13 Å². The minimum atomic E-state index is -0.763. The quantitative estimate of drug-likeness (QED) is 0.155. The summed E-state index contributed by atoms with van der Waals surface area (Å²) in [4.78, 5) is 33.8. The Balaban J connectivity index is 1.62. The molecule has 3 heterocycles. The van der Waals surface area contributed by atoms with Crippen molar-refractivity contribution in [2.75, 3.05) is 11.5 Å². The Morgan fingerprint density at radius 3 is 2.65 bits per heavy atom. The van der Waals surface area contributed by atoms with E-state index in [0.717, 1.165) is 32.8 Å². The number of aryl methyl sites for hydroxylation is 1. The van der Waals surface area contributed by atoms with E-state index in [4.69, 9.17) is 9.72 Å². The van der Waals surface area contributed by atoms with E-state index >= 15 is 0 Å². The number of amides is 1. The largest absolute Gasteiger partial charge is 0.507 e. The van der Waals surface area contributed by atoms with E-state index < -0.39 is 17.7 Å². The van der Waals surface area contributed by atoms with Crippen molar-refractivity contribution in [1.29, 1.82) is 0 Å². The van der Waals surface area contributed by atoms with Gasteiger partial charge in [-0.2, -0.15) is 0 Å². The van der Waals surface area contributed by atoms with Crippen molar-refractivity contribution in [1.82, 2.24) is 4.98 Å². The summed E-state index contributed by atoms with van der Waals surface area (Å²) in [5.74, 6) is -0.529. The molecule has 0 aliphatic carbocycles. The molecule has 0 radical (unpaired) electrons. The average molecular weight is 533 g/mol. The van der Waals surface area contributed by atoms with Crippen LogP contribution in [0.5, 0.6) is 5.75 Å². The van der Waals surface area contributed by atoms with Gasteiger partial charge in [-0.15, -0.1) is 11.3 Å². The number of carbonyl (C=O) groups is 2. The molecule has 0 spiro atoms. The first-order valence-corrected chi connectivity index (χ1v) is 14.0. The molecule has 6 nitrogen and oxygen atoms in total. The summed E-state index contributed by atoms with van der Waals surface area (Å²) >= 11 is 2.81. The molecule has 5 rings (SSSR count). The predicted octanol–water partition coefficient (Wildman–Crippen LogP) is 7.20. The number of ether oxygens (including phenoxy) is 1. The number of Topliss-reactive ketones (excluding diaryl/α,β-unsaturated/α-hetero) is 1. The first kappa shape index (κ1) is 25.2. The van der Waals surface area contributed by atoms with E-state index in [9.17, 15) is 14.7 Å². The molecular formula is C29H28N2O4S2. The van der Waals surface area contributed by atoms with Gasteiger partial charge in [-0.05, 0) is 72.2 Å². The van der Waals surface area contributed by atoms with Gasteiger partial charge in [-0.25, -0.2) is 4.98 Å². The molecule has 1 unspecified atom stereocenters. The first-order chi connectivity index (χ1) is 17.8. The third-order valence-electron chi connectivity index (χ3n) is 6.44.